The molecule has 19 heavy (non-hydrogen) atoms. The molecule has 2 rings (SSSR count). The van der Waals surface area contributed by atoms with Gasteiger partial charge in [-0.2, -0.15) is 5.26 Å². The summed E-state index contributed by atoms with van der Waals surface area (Å²) in [6, 6.07) is 3.05. The molecule has 0 aromatic carbocycles. The highest BCUT2D eigenvalue weighted by atomic mass is 15.2. The van der Waals surface area contributed by atoms with Crippen molar-refractivity contribution >= 4 is 0 Å². The Morgan fingerprint density at radius 1 is 1.32 bits per heavy atom. The van der Waals surface area contributed by atoms with Crippen LogP contribution >= 0.6 is 0 Å². The van der Waals surface area contributed by atoms with Crippen molar-refractivity contribution in [2.75, 3.05) is 39.8 Å². The predicted molar refractivity (Wildman–Crippen MR) is 78.0 cm³/mol. The normalized spacial score (nSPS) is 23.5. The molecule has 0 amide bonds. The van der Waals surface area contributed by atoms with Crippen LogP contribution < -0.4 is 5.32 Å². The summed E-state index contributed by atoms with van der Waals surface area (Å²) in [5.41, 5.74) is -0.344. The van der Waals surface area contributed by atoms with E-state index in [1.807, 2.05) is 6.92 Å². The molecule has 1 atom stereocenters. The van der Waals surface area contributed by atoms with Crippen molar-refractivity contribution in [2.45, 2.75) is 50.6 Å². The molecule has 1 heterocycles. The fourth-order valence-electron chi connectivity index (χ4n) is 2.68. The maximum atomic E-state index is 9.34. The Balaban J connectivity index is 1.63. The van der Waals surface area contributed by atoms with Gasteiger partial charge in [-0.1, -0.05) is 0 Å². The molecule has 1 aliphatic heterocycles. The van der Waals surface area contributed by atoms with Gasteiger partial charge >= 0.3 is 0 Å². The molecule has 4 heteroatoms. The van der Waals surface area contributed by atoms with Gasteiger partial charge in [0.25, 0.3) is 0 Å². The molecule has 1 aliphatic carbocycles. The van der Waals surface area contributed by atoms with Crippen molar-refractivity contribution in [1.29, 1.82) is 5.26 Å². The van der Waals surface area contributed by atoms with Crippen molar-refractivity contribution in [2.24, 2.45) is 0 Å². The van der Waals surface area contributed by atoms with Crippen LogP contribution in [-0.4, -0.2) is 61.2 Å². The zero-order chi connectivity index (χ0) is 13.7. The Labute approximate surface area is 117 Å². The number of nitrogens with one attached hydrogen (secondary N) is 1. The summed E-state index contributed by atoms with van der Waals surface area (Å²) in [4.78, 5) is 4.91. The van der Waals surface area contributed by atoms with Crippen molar-refractivity contribution in [3.8, 4) is 6.07 Å². The molecule has 0 radical (unpaired) electrons. The van der Waals surface area contributed by atoms with Crippen LogP contribution in [0.2, 0.25) is 0 Å². The molecule has 0 aromatic rings. The van der Waals surface area contributed by atoms with E-state index >= 15 is 0 Å². The Bertz CT molecular complexity index is 315. The van der Waals surface area contributed by atoms with E-state index in [1.165, 1.54) is 45.3 Å². The summed E-state index contributed by atoms with van der Waals surface area (Å²) in [6.07, 6.45) is 6.11. The lowest BCUT2D eigenvalue weighted by atomic mass is 9.99. The molecule has 2 fully saturated rings. The van der Waals surface area contributed by atoms with Crippen LogP contribution in [0.1, 0.15) is 39.0 Å². The molecule has 4 nitrogen and oxygen atoms in total. The van der Waals surface area contributed by atoms with E-state index in [9.17, 15) is 5.26 Å². The molecule has 0 aromatic heterocycles. The lowest BCUT2D eigenvalue weighted by Crippen LogP contribution is -2.45. The van der Waals surface area contributed by atoms with Crippen molar-refractivity contribution in [1.82, 2.24) is 15.1 Å². The Morgan fingerprint density at radius 3 is 2.58 bits per heavy atom. The van der Waals surface area contributed by atoms with Gasteiger partial charge in [-0.05, 0) is 59.2 Å². The van der Waals surface area contributed by atoms with Gasteiger partial charge in [-0.3, -0.25) is 5.32 Å². The van der Waals surface area contributed by atoms with Gasteiger partial charge in [0.2, 0.25) is 0 Å². The summed E-state index contributed by atoms with van der Waals surface area (Å²) < 4.78 is 0. The van der Waals surface area contributed by atoms with Crippen LogP contribution in [0, 0.1) is 11.3 Å². The van der Waals surface area contributed by atoms with E-state index in [2.05, 4.69) is 28.2 Å². The van der Waals surface area contributed by atoms with E-state index in [4.69, 9.17) is 0 Å². The SMILES string of the molecule is CN(CCN1CCCC1)CCC(C)(C#N)NC1CC1. The standard InChI is InChI=1S/C15H28N4/c1-15(13-16,17-14-5-6-14)7-10-18(2)11-12-19-8-3-4-9-19/h14,17H,3-12H2,1-2H3. The average molecular weight is 264 g/mol. The molecule has 108 valence electrons. The largest absolute Gasteiger partial charge is 0.305 e. The van der Waals surface area contributed by atoms with Gasteiger partial charge in [0.05, 0.1) is 6.07 Å². The average Bonchev–Trinajstić information content (AvgIpc) is 3.06. The fraction of sp³-hybridized carbons (Fsp3) is 0.933. The number of likely N-dealkylation sites (tertiary alicyclic amines) is 1. The van der Waals surface area contributed by atoms with Gasteiger partial charge in [-0.25, -0.2) is 0 Å². The second-order valence-electron chi connectivity index (χ2n) is 6.46. The summed E-state index contributed by atoms with van der Waals surface area (Å²) in [5, 5.41) is 12.8. The molecule has 2 aliphatic rings. The first-order valence-corrected chi connectivity index (χ1v) is 7.71. The van der Waals surface area contributed by atoms with Gasteiger partial charge in [-0.15, -0.1) is 0 Å². The van der Waals surface area contributed by atoms with E-state index < -0.39 is 0 Å². The maximum absolute atomic E-state index is 9.34. The molecule has 1 saturated carbocycles. The van der Waals surface area contributed by atoms with Gasteiger partial charge < -0.3 is 9.80 Å². The minimum absolute atomic E-state index is 0.344. The first-order chi connectivity index (χ1) is 9.11. The van der Waals surface area contributed by atoms with E-state index in [1.54, 1.807) is 0 Å². The summed E-state index contributed by atoms with van der Waals surface area (Å²) in [5.74, 6) is 0. The minimum atomic E-state index is -0.344. The second kappa shape index (κ2) is 6.69. The Kier molecular flexibility index (Phi) is 5.20. The Morgan fingerprint density at radius 2 is 2.00 bits per heavy atom. The smallest absolute Gasteiger partial charge is 0.105 e. The second-order valence-corrected chi connectivity index (χ2v) is 6.46. The van der Waals surface area contributed by atoms with Gasteiger partial charge in [0.1, 0.15) is 5.54 Å². The first-order valence-electron chi connectivity index (χ1n) is 7.71. The van der Waals surface area contributed by atoms with Gasteiger partial charge in [0.15, 0.2) is 0 Å². The molecular weight excluding hydrogens is 236 g/mol. The predicted octanol–water partition coefficient (Wildman–Crippen LogP) is 1.44. The third-order valence-electron chi connectivity index (χ3n) is 4.34. The highest BCUT2D eigenvalue weighted by molar-refractivity contribution is 5.07. The summed E-state index contributed by atoms with van der Waals surface area (Å²) in [7, 11) is 2.17. The van der Waals surface area contributed by atoms with Crippen LogP contribution in [0.4, 0.5) is 0 Å². The highest BCUT2D eigenvalue weighted by Crippen LogP contribution is 2.23. The minimum Gasteiger partial charge on any atom is -0.305 e. The van der Waals surface area contributed by atoms with E-state index in [0.29, 0.717) is 6.04 Å². The molecule has 1 saturated heterocycles. The number of likely N-dealkylation sites (N-methyl/N-ethyl adjacent to an activating group) is 1. The molecular formula is C15H28N4. The third kappa shape index (κ3) is 5.10. The van der Waals surface area contributed by atoms with Crippen LogP contribution in [0.5, 0.6) is 0 Å². The van der Waals surface area contributed by atoms with Crippen LogP contribution in [0.15, 0.2) is 0 Å². The zero-order valence-electron chi connectivity index (χ0n) is 12.5. The quantitative estimate of drug-likeness (QED) is 0.720. The first kappa shape index (κ1) is 14.8. The molecule has 0 spiro atoms. The highest BCUT2D eigenvalue weighted by Gasteiger charge is 2.32. The van der Waals surface area contributed by atoms with Crippen LogP contribution in [0.25, 0.3) is 0 Å². The van der Waals surface area contributed by atoms with Crippen molar-refractivity contribution in [3.05, 3.63) is 0 Å². The number of hydrogen-bond donors (Lipinski definition) is 1. The lowest BCUT2D eigenvalue weighted by Gasteiger charge is -2.27. The summed E-state index contributed by atoms with van der Waals surface area (Å²) >= 11 is 0. The number of hydrogen-bond acceptors (Lipinski definition) is 4. The van der Waals surface area contributed by atoms with E-state index in [-0.39, 0.29) is 5.54 Å². The Hall–Kier alpha value is -0.630. The fourth-order valence-corrected chi connectivity index (χ4v) is 2.68. The van der Waals surface area contributed by atoms with Crippen molar-refractivity contribution in [3.63, 3.8) is 0 Å². The monoisotopic (exact) mass is 264 g/mol. The van der Waals surface area contributed by atoms with Crippen molar-refractivity contribution < 1.29 is 0 Å². The molecule has 1 unspecified atom stereocenters. The number of nitriles is 1. The maximum Gasteiger partial charge on any atom is 0.105 e. The third-order valence-corrected chi connectivity index (χ3v) is 4.34. The summed E-state index contributed by atoms with van der Waals surface area (Å²) in [6.45, 7) is 7.87. The zero-order valence-corrected chi connectivity index (χ0v) is 12.5. The molecule has 1 N–H and O–H groups in total. The van der Waals surface area contributed by atoms with Crippen LogP contribution in [-0.2, 0) is 0 Å². The van der Waals surface area contributed by atoms with Gasteiger partial charge in [0, 0.05) is 25.7 Å². The number of nitrogens with zero attached hydrogens (tertiary/aromatic N) is 3. The lowest BCUT2D eigenvalue weighted by molar-refractivity contribution is 0.240. The number of rotatable bonds is 8. The van der Waals surface area contributed by atoms with E-state index in [0.717, 1.165) is 19.5 Å². The topological polar surface area (TPSA) is 42.3 Å². The van der Waals surface area contributed by atoms with Crippen LogP contribution in [0.3, 0.4) is 0 Å². The molecule has 0 bridgehead atoms.